The van der Waals surface area contributed by atoms with Crippen LogP contribution in [-0.2, 0) is 0 Å². The molecule has 0 aliphatic rings. The van der Waals surface area contributed by atoms with Crippen LogP contribution in [0.2, 0.25) is 0 Å². The largest absolute Gasteiger partial charge is 0.497 e. The van der Waals surface area contributed by atoms with Crippen molar-refractivity contribution in [3.63, 3.8) is 0 Å². The summed E-state index contributed by atoms with van der Waals surface area (Å²) < 4.78 is 7.17. The number of imidazole rings is 1. The normalized spacial score (nSPS) is 10.8. The summed E-state index contributed by atoms with van der Waals surface area (Å²) in [5.41, 5.74) is 2.58. The van der Waals surface area contributed by atoms with Gasteiger partial charge >= 0.3 is 0 Å². The van der Waals surface area contributed by atoms with Crippen LogP contribution in [0, 0.1) is 0 Å². The summed E-state index contributed by atoms with van der Waals surface area (Å²) in [4.78, 5) is 12.9. The predicted octanol–water partition coefficient (Wildman–Crippen LogP) is 2.55. The molecule has 0 saturated heterocycles. The van der Waals surface area contributed by atoms with Crippen molar-refractivity contribution in [2.45, 2.75) is 5.03 Å². The molecule has 1 aromatic carbocycles. The summed E-state index contributed by atoms with van der Waals surface area (Å²) >= 11 is 1.56. The Bertz CT molecular complexity index is 725. The average molecular weight is 272 g/mol. The second-order valence-electron chi connectivity index (χ2n) is 3.87. The summed E-state index contributed by atoms with van der Waals surface area (Å²) in [5, 5.41) is 0.881. The van der Waals surface area contributed by atoms with Crippen molar-refractivity contribution in [1.82, 2.24) is 19.5 Å². The number of hydrogen-bond acceptors (Lipinski definition) is 5. The Morgan fingerprint density at radius 2 is 2.11 bits per heavy atom. The average Bonchev–Trinajstić information content (AvgIpc) is 2.91. The van der Waals surface area contributed by atoms with E-state index in [1.165, 1.54) is 0 Å². The molecule has 3 rings (SSSR count). The first-order valence-corrected chi connectivity index (χ1v) is 6.92. The van der Waals surface area contributed by atoms with Gasteiger partial charge in [-0.25, -0.2) is 15.0 Å². The molecular formula is C13H12N4OS. The highest BCUT2D eigenvalue weighted by Crippen LogP contribution is 2.24. The van der Waals surface area contributed by atoms with Crippen LogP contribution in [0.3, 0.4) is 0 Å². The zero-order chi connectivity index (χ0) is 13.2. The van der Waals surface area contributed by atoms with Crippen molar-refractivity contribution in [2.75, 3.05) is 13.4 Å². The molecule has 0 amide bonds. The molecule has 0 spiro atoms. The van der Waals surface area contributed by atoms with E-state index >= 15 is 0 Å². The third kappa shape index (κ3) is 2.04. The van der Waals surface area contributed by atoms with Gasteiger partial charge in [-0.15, -0.1) is 11.8 Å². The standard InChI is InChI=1S/C13H12N4OS/c1-18-10-5-3-4-9(6-10)17-8-16-11-12(17)14-7-15-13(11)19-2/h3-8H,1-2H3. The molecule has 0 N–H and O–H groups in total. The molecule has 19 heavy (non-hydrogen) atoms. The van der Waals surface area contributed by atoms with Gasteiger partial charge in [-0.2, -0.15) is 0 Å². The van der Waals surface area contributed by atoms with Gasteiger partial charge in [0.05, 0.1) is 12.8 Å². The molecule has 6 heteroatoms. The summed E-state index contributed by atoms with van der Waals surface area (Å²) in [6.07, 6.45) is 5.30. The van der Waals surface area contributed by atoms with Crippen LogP contribution in [0.4, 0.5) is 0 Å². The highest BCUT2D eigenvalue weighted by atomic mass is 32.2. The molecule has 96 valence electrons. The number of methoxy groups -OCH3 is 1. The van der Waals surface area contributed by atoms with Gasteiger partial charge in [0.2, 0.25) is 0 Å². The number of hydrogen-bond donors (Lipinski definition) is 0. The summed E-state index contributed by atoms with van der Waals surface area (Å²) in [7, 11) is 1.65. The number of benzene rings is 1. The Morgan fingerprint density at radius 1 is 1.21 bits per heavy atom. The van der Waals surface area contributed by atoms with E-state index in [0.29, 0.717) is 0 Å². The van der Waals surface area contributed by atoms with E-state index in [4.69, 9.17) is 4.74 Å². The van der Waals surface area contributed by atoms with Gasteiger partial charge < -0.3 is 4.74 Å². The first-order chi connectivity index (χ1) is 9.33. The lowest BCUT2D eigenvalue weighted by Gasteiger charge is -2.06. The maximum Gasteiger partial charge on any atom is 0.168 e. The van der Waals surface area contributed by atoms with Crippen LogP contribution < -0.4 is 4.74 Å². The molecule has 0 saturated carbocycles. The molecule has 0 aliphatic heterocycles. The lowest BCUT2D eigenvalue weighted by Crippen LogP contribution is -1.95. The van der Waals surface area contributed by atoms with Gasteiger partial charge in [-0.1, -0.05) is 6.07 Å². The summed E-state index contributed by atoms with van der Waals surface area (Å²) in [6.45, 7) is 0. The molecule has 0 atom stereocenters. The number of thioether (sulfide) groups is 1. The number of nitrogens with zero attached hydrogens (tertiary/aromatic N) is 4. The first-order valence-electron chi connectivity index (χ1n) is 5.70. The monoisotopic (exact) mass is 272 g/mol. The van der Waals surface area contributed by atoms with Crippen molar-refractivity contribution in [2.24, 2.45) is 0 Å². The van der Waals surface area contributed by atoms with E-state index < -0.39 is 0 Å². The van der Waals surface area contributed by atoms with Crippen molar-refractivity contribution in [3.05, 3.63) is 36.9 Å². The fourth-order valence-corrected chi connectivity index (χ4v) is 2.40. The number of fused-ring (bicyclic) bond motifs is 1. The zero-order valence-corrected chi connectivity index (χ0v) is 11.4. The van der Waals surface area contributed by atoms with E-state index in [1.807, 2.05) is 35.1 Å². The Morgan fingerprint density at radius 3 is 2.89 bits per heavy atom. The van der Waals surface area contributed by atoms with Gasteiger partial charge in [-0.05, 0) is 18.4 Å². The van der Waals surface area contributed by atoms with Gasteiger partial charge in [0.25, 0.3) is 0 Å². The van der Waals surface area contributed by atoms with Gasteiger partial charge in [-0.3, -0.25) is 4.57 Å². The SMILES string of the molecule is COc1cccc(-n2cnc3c(SC)ncnc32)c1. The minimum Gasteiger partial charge on any atom is -0.497 e. The van der Waals surface area contributed by atoms with E-state index in [9.17, 15) is 0 Å². The Balaban J connectivity index is 2.20. The van der Waals surface area contributed by atoms with E-state index in [-0.39, 0.29) is 0 Å². The molecule has 2 heterocycles. The molecule has 2 aromatic heterocycles. The smallest absolute Gasteiger partial charge is 0.168 e. The van der Waals surface area contributed by atoms with Crippen LogP contribution >= 0.6 is 11.8 Å². The number of ether oxygens (including phenoxy) is 1. The molecule has 0 unspecified atom stereocenters. The molecule has 0 aliphatic carbocycles. The minimum absolute atomic E-state index is 0.799. The Labute approximate surface area is 114 Å². The predicted molar refractivity (Wildman–Crippen MR) is 75.0 cm³/mol. The van der Waals surface area contributed by atoms with E-state index in [1.54, 1.807) is 31.5 Å². The van der Waals surface area contributed by atoms with Crippen LogP contribution in [-0.4, -0.2) is 32.9 Å². The third-order valence-electron chi connectivity index (χ3n) is 2.82. The van der Waals surface area contributed by atoms with Crippen molar-refractivity contribution in [3.8, 4) is 11.4 Å². The van der Waals surface area contributed by atoms with Crippen LogP contribution in [0.15, 0.2) is 41.9 Å². The topological polar surface area (TPSA) is 52.8 Å². The van der Waals surface area contributed by atoms with Gasteiger partial charge in [0.15, 0.2) is 5.65 Å². The molecule has 0 fully saturated rings. The van der Waals surface area contributed by atoms with Crippen LogP contribution in [0.25, 0.3) is 16.9 Å². The minimum atomic E-state index is 0.799. The zero-order valence-electron chi connectivity index (χ0n) is 10.6. The highest BCUT2D eigenvalue weighted by Gasteiger charge is 2.10. The van der Waals surface area contributed by atoms with Crippen LogP contribution in [0.1, 0.15) is 0 Å². The maximum absolute atomic E-state index is 5.24. The molecule has 5 nitrogen and oxygen atoms in total. The van der Waals surface area contributed by atoms with Crippen molar-refractivity contribution < 1.29 is 4.74 Å². The van der Waals surface area contributed by atoms with E-state index in [0.717, 1.165) is 27.6 Å². The van der Waals surface area contributed by atoms with E-state index in [2.05, 4.69) is 15.0 Å². The molecule has 0 radical (unpaired) electrons. The highest BCUT2D eigenvalue weighted by molar-refractivity contribution is 7.98. The summed E-state index contributed by atoms with van der Waals surface area (Å²) in [6, 6.07) is 7.79. The van der Waals surface area contributed by atoms with Gasteiger partial charge in [0, 0.05) is 6.07 Å². The Kier molecular flexibility index (Phi) is 3.08. The number of rotatable bonds is 3. The van der Waals surface area contributed by atoms with Gasteiger partial charge in [0.1, 0.15) is 28.9 Å². The third-order valence-corrected chi connectivity index (χ3v) is 3.51. The lowest BCUT2D eigenvalue weighted by molar-refractivity contribution is 0.414. The fourth-order valence-electron chi connectivity index (χ4n) is 1.91. The second-order valence-corrected chi connectivity index (χ2v) is 4.67. The second kappa shape index (κ2) is 4.89. The fraction of sp³-hybridized carbons (Fsp3) is 0.154. The number of aromatic nitrogens is 4. The quantitative estimate of drug-likeness (QED) is 0.542. The molecule has 0 bridgehead atoms. The maximum atomic E-state index is 5.24. The molecular weight excluding hydrogens is 260 g/mol. The Hall–Kier alpha value is -2.08. The van der Waals surface area contributed by atoms with Crippen LogP contribution in [0.5, 0.6) is 5.75 Å². The van der Waals surface area contributed by atoms with Crippen molar-refractivity contribution in [1.29, 1.82) is 0 Å². The van der Waals surface area contributed by atoms with Crippen molar-refractivity contribution >= 4 is 22.9 Å². The molecule has 3 aromatic rings. The lowest BCUT2D eigenvalue weighted by atomic mass is 10.3. The summed E-state index contributed by atoms with van der Waals surface area (Å²) in [5.74, 6) is 0.804. The first kappa shape index (κ1) is 12.0.